The first-order chi connectivity index (χ1) is 6.31. The zero-order chi connectivity index (χ0) is 11.4. The van der Waals surface area contributed by atoms with Crippen molar-refractivity contribution in [3.05, 3.63) is 0 Å². The Labute approximate surface area is 78.2 Å². The Morgan fingerprint density at radius 3 is 2.29 bits per heavy atom. The molecule has 0 rings (SSSR count). The van der Waals surface area contributed by atoms with Crippen molar-refractivity contribution in [2.45, 2.75) is 31.8 Å². The first-order valence-electron chi connectivity index (χ1n) is 3.88. The van der Waals surface area contributed by atoms with Crippen molar-refractivity contribution in [2.24, 2.45) is 5.73 Å². The minimum Gasteiger partial charge on any atom is -0.367 e. The van der Waals surface area contributed by atoms with Gasteiger partial charge in [0.05, 0.1) is 0 Å². The number of halogens is 4. The molecule has 0 aromatic rings. The summed E-state index contributed by atoms with van der Waals surface area (Å²) in [6.45, 7) is -0.0396. The SMILES string of the molecule is CCC(OCC(F)(F)C(F)F)C(N)=O. The molecule has 0 saturated carbocycles. The van der Waals surface area contributed by atoms with Crippen LogP contribution in [0.25, 0.3) is 0 Å². The van der Waals surface area contributed by atoms with Crippen molar-refractivity contribution in [1.29, 1.82) is 0 Å². The van der Waals surface area contributed by atoms with Crippen LogP contribution in [0.15, 0.2) is 0 Å². The van der Waals surface area contributed by atoms with E-state index in [1.54, 1.807) is 0 Å². The van der Waals surface area contributed by atoms with E-state index in [0.29, 0.717) is 0 Å². The molecule has 0 aliphatic rings. The molecule has 0 aliphatic carbocycles. The fraction of sp³-hybridized carbons (Fsp3) is 0.857. The highest BCUT2D eigenvalue weighted by Gasteiger charge is 2.41. The van der Waals surface area contributed by atoms with Crippen molar-refractivity contribution in [3.63, 3.8) is 0 Å². The summed E-state index contributed by atoms with van der Waals surface area (Å²) in [6, 6.07) is 0. The third kappa shape index (κ3) is 3.91. The summed E-state index contributed by atoms with van der Waals surface area (Å²) in [6.07, 6.45) is -5.00. The fourth-order valence-electron chi connectivity index (χ4n) is 0.676. The van der Waals surface area contributed by atoms with Gasteiger partial charge >= 0.3 is 12.3 Å². The quantitative estimate of drug-likeness (QED) is 0.679. The molecule has 1 atom stereocenters. The molecule has 0 radical (unpaired) electrons. The van der Waals surface area contributed by atoms with Crippen LogP contribution in [0.3, 0.4) is 0 Å². The molecule has 0 heterocycles. The predicted molar refractivity (Wildman–Crippen MR) is 40.2 cm³/mol. The Bertz CT molecular complexity index is 198. The molecule has 0 aromatic carbocycles. The van der Waals surface area contributed by atoms with Gasteiger partial charge in [0.2, 0.25) is 5.91 Å². The van der Waals surface area contributed by atoms with Gasteiger partial charge in [-0.15, -0.1) is 0 Å². The number of ether oxygens (including phenoxy) is 1. The molecule has 0 aromatic heterocycles. The van der Waals surface area contributed by atoms with Crippen LogP contribution in [0.2, 0.25) is 0 Å². The van der Waals surface area contributed by atoms with E-state index < -0.39 is 31.0 Å². The zero-order valence-corrected chi connectivity index (χ0v) is 7.47. The highest BCUT2D eigenvalue weighted by Crippen LogP contribution is 2.23. The van der Waals surface area contributed by atoms with E-state index in [1.165, 1.54) is 6.92 Å². The van der Waals surface area contributed by atoms with Gasteiger partial charge in [0.1, 0.15) is 12.7 Å². The summed E-state index contributed by atoms with van der Waals surface area (Å²) in [5.41, 5.74) is 4.76. The molecule has 0 fully saturated rings. The van der Waals surface area contributed by atoms with Gasteiger partial charge in [0.25, 0.3) is 0 Å². The van der Waals surface area contributed by atoms with E-state index in [0.717, 1.165) is 0 Å². The maximum absolute atomic E-state index is 12.3. The molecule has 14 heavy (non-hydrogen) atoms. The monoisotopic (exact) mass is 217 g/mol. The van der Waals surface area contributed by atoms with Gasteiger partial charge in [-0.3, -0.25) is 4.79 Å². The number of hydrogen-bond acceptors (Lipinski definition) is 2. The second-order valence-electron chi connectivity index (χ2n) is 2.67. The lowest BCUT2D eigenvalue weighted by molar-refractivity contribution is -0.178. The summed E-state index contributed by atoms with van der Waals surface area (Å²) in [5.74, 6) is -5.19. The van der Waals surface area contributed by atoms with Gasteiger partial charge in [0.15, 0.2) is 0 Å². The van der Waals surface area contributed by atoms with Crippen LogP contribution < -0.4 is 5.73 Å². The van der Waals surface area contributed by atoms with Crippen LogP contribution in [0.1, 0.15) is 13.3 Å². The van der Waals surface area contributed by atoms with Gasteiger partial charge in [-0.25, -0.2) is 8.78 Å². The van der Waals surface area contributed by atoms with E-state index in [9.17, 15) is 22.4 Å². The van der Waals surface area contributed by atoms with E-state index >= 15 is 0 Å². The van der Waals surface area contributed by atoms with Crippen LogP contribution in [0.5, 0.6) is 0 Å². The lowest BCUT2D eigenvalue weighted by Gasteiger charge is -2.18. The number of amides is 1. The normalized spacial score (nSPS) is 14.4. The summed E-state index contributed by atoms with van der Waals surface area (Å²) < 4.78 is 52.1. The predicted octanol–water partition coefficient (Wildman–Crippen LogP) is 1.17. The molecule has 1 amide bonds. The average Bonchev–Trinajstić information content (AvgIpc) is 2.04. The van der Waals surface area contributed by atoms with Crippen LogP contribution >= 0.6 is 0 Å². The van der Waals surface area contributed by atoms with E-state index in [-0.39, 0.29) is 6.42 Å². The number of rotatable bonds is 6. The fourth-order valence-corrected chi connectivity index (χ4v) is 0.676. The van der Waals surface area contributed by atoms with Gasteiger partial charge < -0.3 is 10.5 Å². The number of hydrogen-bond donors (Lipinski definition) is 1. The van der Waals surface area contributed by atoms with Crippen molar-refractivity contribution in [3.8, 4) is 0 Å². The molecule has 84 valence electrons. The Morgan fingerprint density at radius 2 is 2.00 bits per heavy atom. The average molecular weight is 217 g/mol. The second kappa shape index (κ2) is 5.14. The summed E-state index contributed by atoms with van der Waals surface area (Å²) in [4.78, 5) is 10.5. The van der Waals surface area contributed by atoms with E-state index in [4.69, 9.17) is 5.73 Å². The number of nitrogens with two attached hydrogens (primary N) is 1. The molecular formula is C7H11F4NO2. The lowest BCUT2D eigenvalue weighted by Crippen LogP contribution is -2.38. The Balaban J connectivity index is 4.09. The molecule has 1 unspecified atom stereocenters. The lowest BCUT2D eigenvalue weighted by atomic mass is 10.2. The minimum absolute atomic E-state index is 0.0641. The summed E-state index contributed by atoms with van der Waals surface area (Å²) >= 11 is 0. The standard InChI is InChI=1S/C7H11F4NO2/c1-2-4(5(12)13)14-3-7(10,11)6(8)9/h4,6H,2-3H2,1H3,(H2,12,13). The first kappa shape index (κ1) is 13.2. The number of alkyl halides is 4. The summed E-state index contributed by atoms with van der Waals surface area (Å²) in [5, 5.41) is 0. The second-order valence-corrected chi connectivity index (χ2v) is 2.67. The Kier molecular flexibility index (Phi) is 4.82. The van der Waals surface area contributed by atoms with Gasteiger partial charge in [-0.05, 0) is 6.42 Å². The highest BCUT2D eigenvalue weighted by molar-refractivity contribution is 5.78. The third-order valence-electron chi connectivity index (χ3n) is 1.48. The Morgan fingerprint density at radius 1 is 1.50 bits per heavy atom. The van der Waals surface area contributed by atoms with Gasteiger partial charge in [0, 0.05) is 0 Å². The first-order valence-corrected chi connectivity index (χ1v) is 3.88. The van der Waals surface area contributed by atoms with Crippen LogP contribution in [0.4, 0.5) is 17.6 Å². The largest absolute Gasteiger partial charge is 0.367 e. The molecule has 0 aliphatic heterocycles. The van der Waals surface area contributed by atoms with Crippen LogP contribution in [-0.4, -0.2) is 31.0 Å². The van der Waals surface area contributed by atoms with Crippen molar-refractivity contribution >= 4 is 5.91 Å². The molecule has 0 bridgehead atoms. The molecule has 0 saturated heterocycles. The molecule has 7 heteroatoms. The molecular weight excluding hydrogens is 206 g/mol. The third-order valence-corrected chi connectivity index (χ3v) is 1.48. The minimum atomic E-state index is -4.25. The van der Waals surface area contributed by atoms with E-state index in [2.05, 4.69) is 4.74 Å². The maximum Gasteiger partial charge on any atom is 0.330 e. The van der Waals surface area contributed by atoms with Crippen LogP contribution in [-0.2, 0) is 9.53 Å². The van der Waals surface area contributed by atoms with Gasteiger partial charge in [-0.2, -0.15) is 8.78 Å². The topological polar surface area (TPSA) is 52.3 Å². The molecule has 0 spiro atoms. The number of carbonyl (C=O) groups is 1. The van der Waals surface area contributed by atoms with Gasteiger partial charge in [-0.1, -0.05) is 6.92 Å². The zero-order valence-electron chi connectivity index (χ0n) is 7.47. The smallest absolute Gasteiger partial charge is 0.330 e. The highest BCUT2D eigenvalue weighted by atomic mass is 19.3. The summed E-state index contributed by atoms with van der Waals surface area (Å²) in [7, 11) is 0. The van der Waals surface area contributed by atoms with Crippen molar-refractivity contribution in [2.75, 3.05) is 6.61 Å². The maximum atomic E-state index is 12.3. The number of carbonyl (C=O) groups excluding carboxylic acids is 1. The van der Waals surface area contributed by atoms with E-state index in [1.807, 2.05) is 0 Å². The molecule has 3 nitrogen and oxygen atoms in total. The van der Waals surface area contributed by atoms with Crippen LogP contribution in [0, 0.1) is 0 Å². The number of primary amides is 1. The molecule has 2 N–H and O–H groups in total. The Hall–Kier alpha value is -0.850. The van der Waals surface area contributed by atoms with Crippen molar-refractivity contribution in [1.82, 2.24) is 0 Å². The van der Waals surface area contributed by atoms with Crippen molar-refractivity contribution < 1.29 is 27.1 Å².